The molecule has 172 valence electrons. The number of carbonyl (C=O) groups excluding carboxylic acids is 2. The highest BCUT2D eigenvalue weighted by Gasteiger charge is 2.29. The molecule has 0 bridgehead atoms. The molecule has 0 aliphatic carbocycles. The van der Waals surface area contributed by atoms with Crippen molar-refractivity contribution in [1.82, 2.24) is 15.2 Å². The standard InChI is InChI=1S/C23H21ClF2N4O3/c24-20-10-18(26)6-4-15(20)12-28-22(31)30-7-1-2-19(30)13-33-23(32)29-21-9-16-8-17(25)5-3-14(16)11-27-21/h3-6,8-11,19H,1-2,7,12-13H2,(H,28,31)(H,27,29,32)/t19-/m0/s1. The van der Waals surface area contributed by atoms with Gasteiger partial charge in [0.05, 0.1) is 6.04 Å². The Labute approximate surface area is 193 Å². The molecular weight excluding hydrogens is 454 g/mol. The Kier molecular flexibility index (Phi) is 6.88. The van der Waals surface area contributed by atoms with Crippen molar-refractivity contribution >= 4 is 40.3 Å². The second-order valence-corrected chi connectivity index (χ2v) is 8.08. The molecule has 2 N–H and O–H groups in total. The maximum atomic E-state index is 13.4. The molecule has 1 atom stereocenters. The topological polar surface area (TPSA) is 83.6 Å². The number of halogens is 3. The first-order valence-corrected chi connectivity index (χ1v) is 10.7. The van der Waals surface area contributed by atoms with Gasteiger partial charge in [0, 0.05) is 29.7 Å². The number of rotatable bonds is 5. The first-order chi connectivity index (χ1) is 15.9. The van der Waals surface area contributed by atoms with Gasteiger partial charge >= 0.3 is 12.1 Å². The highest BCUT2D eigenvalue weighted by Crippen LogP contribution is 2.21. The number of likely N-dealkylation sites (tertiary alicyclic amines) is 1. The van der Waals surface area contributed by atoms with E-state index < -0.39 is 11.9 Å². The highest BCUT2D eigenvalue weighted by molar-refractivity contribution is 6.31. The molecule has 1 fully saturated rings. The number of nitrogens with zero attached hydrogens (tertiary/aromatic N) is 2. The molecule has 3 amide bonds. The van der Waals surface area contributed by atoms with Gasteiger partial charge in [0.2, 0.25) is 0 Å². The SMILES string of the molecule is O=C(Nc1cc2cc(F)ccc2cn1)OC[C@@H]1CCCN1C(=O)NCc1ccc(F)cc1Cl. The molecule has 33 heavy (non-hydrogen) atoms. The third kappa shape index (κ3) is 5.67. The Hall–Kier alpha value is -3.46. The lowest BCUT2D eigenvalue weighted by atomic mass is 10.2. The van der Waals surface area contributed by atoms with Crippen LogP contribution in [0.4, 0.5) is 24.2 Å². The van der Waals surface area contributed by atoms with Crippen molar-refractivity contribution in [3.63, 3.8) is 0 Å². The van der Waals surface area contributed by atoms with E-state index in [1.54, 1.807) is 17.0 Å². The summed E-state index contributed by atoms with van der Waals surface area (Å²) in [5.74, 6) is -0.602. The van der Waals surface area contributed by atoms with Gasteiger partial charge in [-0.2, -0.15) is 0 Å². The van der Waals surface area contributed by atoms with Crippen LogP contribution in [0.1, 0.15) is 18.4 Å². The zero-order valence-corrected chi connectivity index (χ0v) is 18.2. The van der Waals surface area contributed by atoms with Crippen molar-refractivity contribution in [3.8, 4) is 0 Å². The number of hydrogen-bond donors (Lipinski definition) is 2. The molecular formula is C23H21ClF2N4O3. The van der Waals surface area contributed by atoms with Crippen LogP contribution >= 0.6 is 11.6 Å². The summed E-state index contributed by atoms with van der Waals surface area (Å²) < 4.78 is 31.9. The molecule has 0 unspecified atom stereocenters. The third-order valence-corrected chi connectivity index (χ3v) is 5.76. The van der Waals surface area contributed by atoms with E-state index >= 15 is 0 Å². The summed E-state index contributed by atoms with van der Waals surface area (Å²) in [7, 11) is 0. The number of urea groups is 1. The summed E-state index contributed by atoms with van der Waals surface area (Å²) >= 11 is 6.00. The minimum atomic E-state index is -0.719. The molecule has 2 aromatic carbocycles. The van der Waals surface area contributed by atoms with E-state index in [2.05, 4.69) is 15.6 Å². The average Bonchev–Trinajstić information content (AvgIpc) is 3.25. The summed E-state index contributed by atoms with van der Waals surface area (Å²) in [6, 6.07) is 9.22. The number of fused-ring (bicyclic) bond motifs is 1. The number of anilines is 1. The lowest BCUT2D eigenvalue weighted by molar-refractivity contribution is 0.123. The molecule has 0 radical (unpaired) electrons. The van der Waals surface area contributed by atoms with Crippen molar-refractivity contribution < 1.29 is 23.1 Å². The summed E-state index contributed by atoms with van der Waals surface area (Å²) in [6.07, 6.45) is 2.27. The molecule has 10 heteroatoms. The second-order valence-electron chi connectivity index (χ2n) is 7.67. The van der Waals surface area contributed by atoms with Gasteiger partial charge < -0.3 is 15.0 Å². The molecule has 1 aliphatic heterocycles. The molecule has 1 aliphatic rings. The summed E-state index contributed by atoms with van der Waals surface area (Å²) in [6.45, 7) is 0.686. The third-order valence-electron chi connectivity index (χ3n) is 5.40. The van der Waals surface area contributed by atoms with Crippen LogP contribution in [0.5, 0.6) is 0 Å². The van der Waals surface area contributed by atoms with Crippen LogP contribution in [0.25, 0.3) is 10.8 Å². The highest BCUT2D eigenvalue weighted by atomic mass is 35.5. The number of nitrogens with one attached hydrogen (secondary N) is 2. The molecule has 3 aromatic rings. The van der Waals surface area contributed by atoms with Gasteiger partial charge in [0.1, 0.15) is 24.1 Å². The normalized spacial score (nSPS) is 15.5. The fraction of sp³-hybridized carbons (Fsp3) is 0.261. The van der Waals surface area contributed by atoms with Crippen LogP contribution in [-0.4, -0.2) is 41.2 Å². The Morgan fingerprint density at radius 2 is 1.91 bits per heavy atom. The van der Waals surface area contributed by atoms with E-state index in [0.29, 0.717) is 23.9 Å². The molecule has 7 nitrogen and oxygen atoms in total. The lowest BCUT2D eigenvalue weighted by Gasteiger charge is -2.24. The zero-order chi connectivity index (χ0) is 23.4. The van der Waals surface area contributed by atoms with Gasteiger partial charge in [-0.1, -0.05) is 17.7 Å². The van der Waals surface area contributed by atoms with Crippen molar-refractivity contribution in [3.05, 3.63) is 70.9 Å². The van der Waals surface area contributed by atoms with Crippen molar-refractivity contribution in [2.75, 3.05) is 18.5 Å². The van der Waals surface area contributed by atoms with Crippen molar-refractivity contribution in [1.29, 1.82) is 0 Å². The quantitative estimate of drug-likeness (QED) is 0.539. The lowest BCUT2D eigenvalue weighted by Crippen LogP contribution is -2.44. The Morgan fingerprint density at radius 3 is 2.73 bits per heavy atom. The number of carbonyl (C=O) groups is 2. The van der Waals surface area contributed by atoms with E-state index in [-0.39, 0.29) is 41.9 Å². The van der Waals surface area contributed by atoms with Crippen LogP contribution in [0.15, 0.2) is 48.7 Å². The van der Waals surface area contributed by atoms with Gasteiger partial charge in [-0.25, -0.2) is 23.4 Å². The number of amides is 3. The Balaban J connectivity index is 1.29. The zero-order valence-electron chi connectivity index (χ0n) is 17.5. The average molecular weight is 475 g/mol. The Bertz CT molecular complexity index is 1190. The summed E-state index contributed by atoms with van der Waals surface area (Å²) in [5, 5.41) is 6.86. The van der Waals surface area contributed by atoms with Gasteiger partial charge in [-0.3, -0.25) is 5.32 Å². The minimum Gasteiger partial charge on any atom is -0.447 e. The van der Waals surface area contributed by atoms with Crippen LogP contribution in [0.2, 0.25) is 5.02 Å². The molecule has 4 rings (SSSR count). The molecule has 1 aromatic heterocycles. The van der Waals surface area contributed by atoms with Crippen molar-refractivity contribution in [2.45, 2.75) is 25.4 Å². The van der Waals surface area contributed by atoms with Crippen molar-refractivity contribution in [2.24, 2.45) is 0 Å². The minimum absolute atomic E-state index is 0.0127. The van der Waals surface area contributed by atoms with E-state index in [1.165, 1.54) is 36.5 Å². The molecule has 1 saturated heterocycles. The first kappa shape index (κ1) is 22.7. The Morgan fingerprint density at radius 1 is 1.12 bits per heavy atom. The van der Waals surface area contributed by atoms with Gasteiger partial charge in [0.25, 0.3) is 0 Å². The van der Waals surface area contributed by atoms with Crippen LogP contribution in [0, 0.1) is 11.6 Å². The van der Waals surface area contributed by atoms with Crippen LogP contribution in [-0.2, 0) is 11.3 Å². The molecule has 2 heterocycles. The van der Waals surface area contributed by atoms with Gasteiger partial charge in [0.15, 0.2) is 0 Å². The smallest absolute Gasteiger partial charge is 0.412 e. The largest absolute Gasteiger partial charge is 0.447 e. The number of benzene rings is 2. The predicted molar refractivity (Wildman–Crippen MR) is 120 cm³/mol. The number of hydrogen-bond acceptors (Lipinski definition) is 4. The van der Waals surface area contributed by atoms with E-state index in [9.17, 15) is 18.4 Å². The first-order valence-electron chi connectivity index (χ1n) is 10.4. The summed E-state index contributed by atoms with van der Waals surface area (Å²) in [4.78, 5) is 30.5. The maximum Gasteiger partial charge on any atom is 0.412 e. The predicted octanol–water partition coefficient (Wildman–Crippen LogP) is 5.09. The van der Waals surface area contributed by atoms with E-state index in [4.69, 9.17) is 16.3 Å². The fourth-order valence-corrected chi connectivity index (χ4v) is 3.94. The van der Waals surface area contributed by atoms with E-state index in [1.807, 2.05) is 0 Å². The molecule has 0 saturated carbocycles. The second kappa shape index (κ2) is 9.99. The monoisotopic (exact) mass is 474 g/mol. The number of aromatic nitrogens is 1. The van der Waals surface area contributed by atoms with Gasteiger partial charge in [-0.05, 0) is 60.2 Å². The number of pyridine rings is 1. The van der Waals surface area contributed by atoms with Gasteiger partial charge in [-0.15, -0.1) is 0 Å². The maximum absolute atomic E-state index is 13.4. The summed E-state index contributed by atoms with van der Waals surface area (Å²) in [5.41, 5.74) is 0.598. The number of ether oxygens (including phenoxy) is 1. The van der Waals surface area contributed by atoms with Crippen LogP contribution in [0.3, 0.4) is 0 Å². The fourth-order valence-electron chi connectivity index (χ4n) is 3.71. The molecule has 0 spiro atoms. The van der Waals surface area contributed by atoms with Crippen LogP contribution < -0.4 is 10.6 Å². The van der Waals surface area contributed by atoms with E-state index in [0.717, 1.165) is 11.8 Å².